The molecule has 0 saturated heterocycles. The van der Waals surface area contributed by atoms with Gasteiger partial charge in [-0.1, -0.05) is 25.1 Å². The van der Waals surface area contributed by atoms with Crippen LogP contribution in [-0.2, 0) is 4.74 Å². The van der Waals surface area contributed by atoms with E-state index in [-0.39, 0.29) is 0 Å². The molecule has 0 saturated carbocycles. The molecule has 1 rings (SSSR count). The molecule has 0 heterocycles. The minimum absolute atomic E-state index is 0.380. The van der Waals surface area contributed by atoms with E-state index in [0.717, 1.165) is 32.7 Å². The summed E-state index contributed by atoms with van der Waals surface area (Å²) in [5, 5.41) is 3.55. The van der Waals surface area contributed by atoms with E-state index in [1.807, 2.05) is 6.92 Å². The average molecular weight is 264 g/mol. The first-order valence-corrected chi connectivity index (χ1v) is 7.31. The summed E-state index contributed by atoms with van der Waals surface area (Å²) in [7, 11) is 2.13. The van der Waals surface area contributed by atoms with E-state index in [1.165, 1.54) is 11.3 Å². The normalized spacial score (nSPS) is 12.4. The van der Waals surface area contributed by atoms with Crippen LogP contribution in [0.2, 0.25) is 0 Å². The van der Waals surface area contributed by atoms with Crippen molar-refractivity contribution in [3.63, 3.8) is 0 Å². The molecule has 1 N–H and O–H groups in total. The van der Waals surface area contributed by atoms with Gasteiger partial charge in [-0.15, -0.1) is 0 Å². The number of hydrogen-bond acceptors (Lipinski definition) is 3. The molecule has 3 heteroatoms. The zero-order valence-corrected chi connectivity index (χ0v) is 12.8. The van der Waals surface area contributed by atoms with Gasteiger partial charge >= 0.3 is 0 Å². The molecule has 1 aromatic carbocycles. The number of benzene rings is 1. The Morgan fingerprint density at radius 1 is 1.26 bits per heavy atom. The number of hydrogen-bond donors (Lipinski definition) is 1. The molecular formula is C16H28N2O. The molecular weight excluding hydrogens is 236 g/mol. The first-order chi connectivity index (χ1) is 9.20. The molecule has 0 bridgehead atoms. The first-order valence-electron chi connectivity index (χ1n) is 7.31. The van der Waals surface area contributed by atoms with E-state index < -0.39 is 0 Å². The fourth-order valence-corrected chi connectivity index (χ4v) is 2.14. The molecule has 0 amide bonds. The van der Waals surface area contributed by atoms with Gasteiger partial charge in [0.25, 0.3) is 0 Å². The Hall–Kier alpha value is -1.06. The van der Waals surface area contributed by atoms with Crippen LogP contribution in [0.4, 0.5) is 5.69 Å². The highest BCUT2D eigenvalue weighted by Crippen LogP contribution is 2.25. The number of nitrogens with one attached hydrogen (secondary N) is 1. The van der Waals surface area contributed by atoms with Crippen LogP contribution in [0.15, 0.2) is 24.3 Å². The van der Waals surface area contributed by atoms with E-state index in [4.69, 9.17) is 4.74 Å². The van der Waals surface area contributed by atoms with Crippen molar-refractivity contribution in [2.24, 2.45) is 0 Å². The number of anilines is 1. The lowest BCUT2D eigenvalue weighted by molar-refractivity contribution is 0.154. The Labute approximate surface area is 118 Å². The van der Waals surface area contributed by atoms with Gasteiger partial charge in [0.2, 0.25) is 0 Å². The maximum Gasteiger partial charge on any atom is 0.0641 e. The molecule has 0 aromatic heterocycles. The van der Waals surface area contributed by atoms with Gasteiger partial charge < -0.3 is 15.0 Å². The first kappa shape index (κ1) is 16.0. The van der Waals surface area contributed by atoms with Crippen LogP contribution in [0.3, 0.4) is 0 Å². The second-order valence-electron chi connectivity index (χ2n) is 4.85. The predicted molar refractivity (Wildman–Crippen MR) is 82.9 cm³/mol. The van der Waals surface area contributed by atoms with Gasteiger partial charge in [-0.3, -0.25) is 0 Å². The molecule has 0 spiro atoms. The Morgan fingerprint density at radius 2 is 2.00 bits per heavy atom. The Morgan fingerprint density at radius 3 is 2.68 bits per heavy atom. The average Bonchev–Trinajstić information content (AvgIpc) is 2.45. The van der Waals surface area contributed by atoms with Crippen LogP contribution < -0.4 is 10.2 Å². The second kappa shape index (κ2) is 8.94. The summed E-state index contributed by atoms with van der Waals surface area (Å²) in [5.74, 6) is 0. The molecule has 1 aromatic rings. The standard InChI is InChI=1S/C16H28N2O/c1-5-11-17-14(3)15-9-7-8-10-16(15)18(4)12-13-19-6-2/h7-10,14,17H,5-6,11-13H2,1-4H3. The zero-order valence-electron chi connectivity index (χ0n) is 12.8. The fourth-order valence-electron chi connectivity index (χ4n) is 2.14. The molecule has 108 valence electrons. The van der Waals surface area contributed by atoms with E-state index in [0.29, 0.717) is 6.04 Å². The Kier molecular flexibility index (Phi) is 7.53. The molecule has 0 aliphatic heterocycles. The quantitative estimate of drug-likeness (QED) is 0.693. The summed E-state index contributed by atoms with van der Waals surface area (Å²) in [6.45, 7) is 9.99. The van der Waals surface area contributed by atoms with Gasteiger partial charge in [0.1, 0.15) is 0 Å². The molecule has 0 aliphatic rings. The van der Waals surface area contributed by atoms with Crippen LogP contribution in [-0.4, -0.2) is 33.4 Å². The monoisotopic (exact) mass is 264 g/mol. The van der Waals surface area contributed by atoms with Crippen LogP contribution in [0, 0.1) is 0 Å². The highest BCUT2D eigenvalue weighted by atomic mass is 16.5. The summed E-state index contributed by atoms with van der Waals surface area (Å²) in [6.07, 6.45) is 1.16. The second-order valence-corrected chi connectivity index (χ2v) is 4.85. The minimum Gasteiger partial charge on any atom is -0.380 e. The van der Waals surface area contributed by atoms with Gasteiger partial charge in [0.15, 0.2) is 0 Å². The van der Waals surface area contributed by atoms with E-state index in [2.05, 4.69) is 55.4 Å². The molecule has 0 fully saturated rings. The highest BCUT2D eigenvalue weighted by molar-refractivity contribution is 5.54. The smallest absolute Gasteiger partial charge is 0.0641 e. The Balaban J connectivity index is 2.71. The van der Waals surface area contributed by atoms with Crippen LogP contribution in [0.25, 0.3) is 0 Å². The molecule has 0 radical (unpaired) electrons. The van der Waals surface area contributed by atoms with Crippen molar-refractivity contribution in [1.29, 1.82) is 0 Å². The van der Waals surface area contributed by atoms with Crippen LogP contribution in [0.1, 0.15) is 38.8 Å². The van der Waals surface area contributed by atoms with Gasteiger partial charge in [0.05, 0.1) is 6.61 Å². The molecule has 0 aliphatic carbocycles. The van der Waals surface area contributed by atoms with Crippen molar-refractivity contribution in [1.82, 2.24) is 5.32 Å². The number of ether oxygens (including phenoxy) is 1. The third-order valence-electron chi connectivity index (χ3n) is 3.29. The van der Waals surface area contributed by atoms with Crippen molar-refractivity contribution in [2.45, 2.75) is 33.2 Å². The number of rotatable bonds is 9. The summed E-state index contributed by atoms with van der Waals surface area (Å²) < 4.78 is 5.43. The molecule has 19 heavy (non-hydrogen) atoms. The summed E-state index contributed by atoms with van der Waals surface area (Å²) >= 11 is 0. The van der Waals surface area contributed by atoms with Crippen molar-refractivity contribution < 1.29 is 4.74 Å². The fraction of sp³-hybridized carbons (Fsp3) is 0.625. The van der Waals surface area contributed by atoms with Gasteiger partial charge in [-0.2, -0.15) is 0 Å². The summed E-state index contributed by atoms with van der Waals surface area (Å²) in [4.78, 5) is 2.27. The van der Waals surface area contributed by atoms with Gasteiger partial charge in [-0.25, -0.2) is 0 Å². The molecule has 3 nitrogen and oxygen atoms in total. The van der Waals surface area contributed by atoms with E-state index in [1.54, 1.807) is 0 Å². The highest BCUT2D eigenvalue weighted by Gasteiger charge is 2.12. The van der Waals surface area contributed by atoms with Gasteiger partial charge in [-0.05, 0) is 38.4 Å². The topological polar surface area (TPSA) is 24.5 Å². The number of nitrogens with zero attached hydrogens (tertiary/aromatic N) is 1. The van der Waals surface area contributed by atoms with Crippen molar-refractivity contribution in [2.75, 3.05) is 38.3 Å². The van der Waals surface area contributed by atoms with Gasteiger partial charge in [0, 0.05) is 31.9 Å². The van der Waals surface area contributed by atoms with Crippen molar-refractivity contribution in [3.05, 3.63) is 29.8 Å². The van der Waals surface area contributed by atoms with E-state index >= 15 is 0 Å². The summed E-state index contributed by atoms with van der Waals surface area (Å²) in [6, 6.07) is 8.98. The SMILES string of the molecule is CCCNC(C)c1ccccc1N(C)CCOCC. The number of likely N-dealkylation sites (N-methyl/N-ethyl adjacent to an activating group) is 1. The van der Waals surface area contributed by atoms with Crippen molar-refractivity contribution >= 4 is 5.69 Å². The van der Waals surface area contributed by atoms with Crippen molar-refractivity contribution in [3.8, 4) is 0 Å². The lowest BCUT2D eigenvalue weighted by Crippen LogP contribution is -2.26. The lowest BCUT2D eigenvalue weighted by atomic mass is 10.1. The molecule has 1 atom stereocenters. The molecule has 1 unspecified atom stereocenters. The maximum absolute atomic E-state index is 5.43. The summed E-state index contributed by atoms with van der Waals surface area (Å²) in [5.41, 5.74) is 2.65. The van der Waals surface area contributed by atoms with Crippen LogP contribution in [0.5, 0.6) is 0 Å². The van der Waals surface area contributed by atoms with Crippen LogP contribution >= 0.6 is 0 Å². The van der Waals surface area contributed by atoms with E-state index in [9.17, 15) is 0 Å². The maximum atomic E-state index is 5.43. The zero-order chi connectivity index (χ0) is 14.1. The predicted octanol–water partition coefficient (Wildman–Crippen LogP) is 3.22. The lowest BCUT2D eigenvalue weighted by Gasteiger charge is -2.25. The largest absolute Gasteiger partial charge is 0.380 e. The Bertz CT molecular complexity index is 354. The third kappa shape index (κ3) is 5.21. The third-order valence-corrected chi connectivity index (χ3v) is 3.29. The number of para-hydroxylation sites is 1. The minimum atomic E-state index is 0.380.